The van der Waals surface area contributed by atoms with Crippen molar-refractivity contribution in [3.63, 3.8) is 0 Å². The molecule has 0 unspecified atom stereocenters. The Balaban J connectivity index is 1.82. The zero-order valence-electron chi connectivity index (χ0n) is 9.55. The highest BCUT2D eigenvalue weighted by Crippen LogP contribution is 2.11. The van der Waals surface area contributed by atoms with Crippen LogP contribution in [0.1, 0.15) is 5.56 Å². The molecule has 0 fully saturated rings. The van der Waals surface area contributed by atoms with Crippen LogP contribution in [-0.4, -0.2) is 24.7 Å². The van der Waals surface area contributed by atoms with Crippen molar-refractivity contribution in [2.75, 3.05) is 13.7 Å². The monoisotopic (exact) mass is 234 g/mol. The first-order chi connectivity index (χ1) is 8.29. The van der Waals surface area contributed by atoms with Gasteiger partial charge in [0.05, 0.1) is 13.7 Å². The second-order valence-corrected chi connectivity index (χ2v) is 3.55. The number of hydroxylamine groups is 2. The minimum absolute atomic E-state index is 0.245. The number of nitrogens with zero attached hydrogens (tertiary/aromatic N) is 1. The number of methoxy groups -OCH3 is 1. The maximum absolute atomic E-state index is 11.6. The van der Waals surface area contributed by atoms with Crippen molar-refractivity contribution in [1.29, 1.82) is 0 Å². The van der Waals surface area contributed by atoms with Crippen molar-refractivity contribution < 1.29 is 14.4 Å². The zero-order chi connectivity index (χ0) is 12.1. The molecule has 0 bridgehead atoms. The predicted octanol–water partition coefficient (Wildman–Crippen LogP) is 1.67. The lowest BCUT2D eigenvalue weighted by Gasteiger charge is -2.15. The van der Waals surface area contributed by atoms with Gasteiger partial charge >= 0.3 is 6.03 Å². The van der Waals surface area contributed by atoms with E-state index in [0.29, 0.717) is 13.1 Å². The molecule has 5 heteroatoms. The van der Waals surface area contributed by atoms with E-state index >= 15 is 0 Å². The van der Waals surface area contributed by atoms with Crippen LogP contribution in [0.2, 0.25) is 0 Å². The Bertz CT molecular complexity index is 406. The van der Waals surface area contributed by atoms with Crippen LogP contribution in [0.25, 0.3) is 0 Å². The summed E-state index contributed by atoms with van der Waals surface area (Å²) in [5.74, 6) is 0.798. The Labute approximate surface area is 99.6 Å². The fraction of sp³-hybridized carbons (Fsp3) is 0.250. The molecule has 1 aliphatic heterocycles. The number of carbonyl (C=O) groups excluding carboxylic acids is 1. The normalized spacial score (nSPS) is 13.4. The zero-order valence-corrected chi connectivity index (χ0v) is 9.55. The largest absolute Gasteiger partial charge is 0.497 e. The molecule has 0 radical (unpaired) electrons. The second kappa shape index (κ2) is 5.25. The summed E-state index contributed by atoms with van der Waals surface area (Å²) in [6.07, 6.45) is 3.26. The van der Waals surface area contributed by atoms with E-state index in [4.69, 9.17) is 9.57 Å². The van der Waals surface area contributed by atoms with Gasteiger partial charge in [0.15, 0.2) is 0 Å². The highest BCUT2D eigenvalue weighted by molar-refractivity contribution is 5.73. The van der Waals surface area contributed by atoms with E-state index in [1.807, 2.05) is 24.3 Å². The minimum Gasteiger partial charge on any atom is -0.497 e. The van der Waals surface area contributed by atoms with Crippen LogP contribution < -0.4 is 10.1 Å². The SMILES string of the molecule is COc1ccc(CNC(=O)N2CC=CO2)cc1. The van der Waals surface area contributed by atoms with E-state index < -0.39 is 0 Å². The van der Waals surface area contributed by atoms with Crippen molar-refractivity contribution in [3.8, 4) is 5.75 Å². The van der Waals surface area contributed by atoms with Gasteiger partial charge in [-0.25, -0.2) is 4.79 Å². The lowest BCUT2D eigenvalue weighted by Crippen LogP contribution is -2.36. The van der Waals surface area contributed by atoms with Crippen LogP contribution in [0, 0.1) is 0 Å². The van der Waals surface area contributed by atoms with Gasteiger partial charge in [-0.15, -0.1) is 0 Å². The Hall–Kier alpha value is -2.17. The fourth-order valence-electron chi connectivity index (χ4n) is 1.44. The molecule has 90 valence electrons. The number of ether oxygens (including phenoxy) is 1. The summed E-state index contributed by atoms with van der Waals surface area (Å²) in [5, 5.41) is 4.01. The Morgan fingerprint density at radius 3 is 2.82 bits per heavy atom. The van der Waals surface area contributed by atoms with E-state index in [1.165, 1.54) is 11.3 Å². The molecule has 0 saturated carbocycles. The molecule has 0 spiro atoms. The summed E-state index contributed by atoms with van der Waals surface area (Å²) < 4.78 is 5.05. The van der Waals surface area contributed by atoms with Crippen LogP contribution in [0.5, 0.6) is 5.75 Å². The van der Waals surface area contributed by atoms with Gasteiger partial charge < -0.3 is 14.9 Å². The average molecular weight is 234 g/mol. The van der Waals surface area contributed by atoms with Crippen LogP contribution in [0.3, 0.4) is 0 Å². The predicted molar refractivity (Wildman–Crippen MR) is 62.2 cm³/mol. The molecule has 1 heterocycles. The Kier molecular flexibility index (Phi) is 3.49. The molecular weight excluding hydrogens is 220 g/mol. The maximum atomic E-state index is 11.6. The van der Waals surface area contributed by atoms with Gasteiger partial charge in [0.1, 0.15) is 12.0 Å². The molecule has 0 aliphatic carbocycles. The molecule has 0 saturated heterocycles. The lowest BCUT2D eigenvalue weighted by molar-refractivity contribution is -0.0299. The number of benzene rings is 1. The third-order valence-electron chi connectivity index (χ3n) is 2.38. The van der Waals surface area contributed by atoms with Gasteiger partial charge in [-0.1, -0.05) is 12.1 Å². The van der Waals surface area contributed by atoms with Gasteiger partial charge in [-0.05, 0) is 23.8 Å². The first-order valence-electron chi connectivity index (χ1n) is 5.29. The molecule has 1 aliphatic rings. The summed E-state index contributed by atoms with van der Waals surface area (Å²) >= 11 is 0. The van der Waals surface area contributed by atoms with Gasteiger partial charge in [-0.2, -0.15) is 5.06 Å². The van der Waals surface area contributed by atoms with Crippen molar-refractivity contribution >= 4 is 6.03 Å². The van der Waals surface area contributed by atoms with E-state index in [-0.39, 0.29) is 6.03 Å². The standard InChI is InChI=1S/C12H14N2O3/c1-16-11-5-3-10(4-6-11)9-13-12(15)14-7-2-8-17-14/h2-6,8H,7,9H2,1H3,(H,13,15). The fourth-order valence-corrected chi connectivity index (χ4v) is 1.44. The average Bonchev–Trinajstić information content (AvgIpc) is 2.90. The molecule has 17 heavy (non-hydrogen) atoms. The molecule has 5 nitrogen and oxygen atoms in total. The second-order valence-electron chi connectivity index (χ2n) is 3.55. The first-order valence-corrected chi connectivity index (χ1v) is 5.29. The smallest absolute Gasteiger partial charge is 0.351 e. The van der Waals surface area contributed by atoms with Crippen LogP contribution >= 0.6 is 0 Å². The number of hydrogen-bond acceptors (Lipinski definition) is 3. The number of rotatable bonds is 3. The third-order valence-corrected chi connectivity index (χ3v) is 2.38. The summed E-state index contributed by atoms with van der Waals surface area (Å²) in [7, 11) is 1.62. The number of nitrogens with one attached hydrogen (secondary N) is 1. The first kappa shape index (κ1) is 11.3. The summed E-state index contributed by atoms with van der Waals surface area (Å²) in [4.78, 5) is 16.5. The van der Waals surface area contributed by atoms with Crippen LogP contribution in [-0.2, 0) is 11.4 Å². The van der Waals surface area contributed by atoms with Crippen molar-refractivity contribution in [2.45, 2.75) is 6.54 Å². The van der Waals surface area contributed by atoms with E-state index in [1.54, 1.807) is 13.2 Å². The summed E-state index contributed by atoms with van der Waals surface area (Å²) in [6, 6.07) is 7.28. The number of amides is 2. The van der Waals surface area contributed by atoms with Gasteiger partial charge in [0, 0.05) is 6.54 Å². The van der Waals surface area contributed by atoms with Crippen molar-refractivity contribution in [2.24, 2.45) is 0 Å². The minimum atomic E-state index is -0.245. The Morgan fingerprint density at radius 2 is 2.24 bits per heavy atom. The van der Waals surface area contributed by atoms with Gasteiger partial charge in [0.2, 0.25) is 0 Å². The lowest BCUT2D eigenvalue weighted by atomic mass is 10.2. The molecule has 0 aromatic heterocycles. The van der Waals surface area contributed by atoms with Crippen LogP contribution in [0.15, 0.2) is 36.6 Å². The molecule has 1 N–H and O–H groups in total. The summed E-state index contributed by atoms with van der Waals surface area (Å²) in [6.45, 7) is 0.942. The van der Waals surface area contributed by atoms with E-state index in [9.17, 15) is 4.79 Å². The topological polar surface area (TPSA) is 50.8 Å². The number of urea groups is 1. The van der Waals surface area contributed by atoms with E-state index in [0.717, 1.165) is 11.3 Å². The highest BCUT2D eigenvalue weighted by Gasteiger charge is 2.15. The molecule has 1 aromatic rings. The Morgan fingerprint density at radius 1 is 1.47 bits per heavy atom. The van der Waals surface area contributed by atoms with Gasteiger partial charge in [0.25, 0.3) is 0 Å². The van der Waals surface area contributed by atoms with Crippen LogP contribution in [0.4, 0.5) is 4.79 Å². The maximum Gasteiger partial charge on any atom is 0.351 e. The molecule has 0 atom stereocenters. The molecule has 1 aromatic carbocycles. The number of carbonyl (C=O) groups is 1. The van der Waals surface area contributed by atoms with Gasteiger partial charge in [-0.3, -0.25) is 0 Å². The van der Waals surface area contributed by atoms with E-state index in [2.05, 4.69) is 5.32 Å². The molecule has 2 amide bonds. The quantitative estimate of drug-likeness (QED) is 0.865. The number of hydrogen-bond donors (Lipinski definition) is 1. The summed E-state index contributed by atoms with van der Waals surface area (Å²) in [5.41, 5.74) is 1.01. The highest BCUT2D eigenvalue weighted by atomic mass is 16.7. The van der Waals surface area contributed by atoms with Crippen molar-refractivity contribution in [1.82, 2.24) is 10.4 Å². The third kappa shape index (κ3) is 2.90. The molecular formula is C12H14N2O3. The van der Waals surface area contributed by atoms with Crippen molar-refractivity contribution in [3.05, 3.63) is 42.2 Å². The molecule has 2 rings (SSSR count).